The molecule has 0 atom stereocenters. The Hall–Kier alpha value is -3.04. The fourth-order valence-electron chi connectivity index (χ4n) is 3.02. The van der Waals surface area contributed by atoms with Gasteiger partial charge in [-0.25, -0.2) is 8.42 Å². The number of alkyl halides is 3. The van der Waals surface area contributed by atoms with Crippen molar-refractivity contribution < 1.29 is 26.4 Å². The Morgan fingerprint density at radius 2 is 1.64 bits per heavy atom. The Labute approximate surface area is 194 Å². The number of hydrogen-bond donors (Lipinski definition) is 1. The Morgan fingerprint density at radius 1 is 1.00 bits per heavy atom. The lowest BCUT2D eigenvalue weighted by atomic mass is 10.2. The maximum absolute atomic E-state index is 13.4. The highest BCUT2D eigenvalue weighted by Crippen LogP contribution is 2.38. The number of sulfonamides is 1. The molecule has 5 nitrogen and oxygen atoms in total. The summed E-state index contributed by atoms with van der Waals surface area (Å²) in [5.41, 5.74) is 0.0502. The van der Waals surface area contributed by atoms with Crippen LogP contribution >= 0.6 is 11.6 Å². The molecule has 3 aromatic carbocycles. The normalized spacial score (nSPS) is 11.8. The molecule has 0 bridgehead atoms. The number of anilines is 1. The maximum atomic E-state index is 13.4. The predicted molar refractivity (Wildman–Crippen MR) is 120 cm³/mol. The molecule has 0 aromatic heterocycles. The minimum atomic E-state index is -4.80. The largest absolute Gasteiger partial charge is 0.417 e. The zero-order valence-electron chi connectivity index (χ0n) is 17.4. The monoisotopic (exact) mass is 496 g/mol. The van der Waals surface area contributed by atoms with Gasteiger partial charge in [0.2, 0.25) is 5.91 Å². The first-order valence-corrected chi connectivity index (χ1v) is 11.6. The second-order valence-corrected chi connectivity index (χ2v) is 9.52. The van der Waals surface area contributed by atoms with Crippen LogP contribution in [0.25, 0.3) is 0 Å². The van der Waals surface area contributed by atoms with E-state index in [1.165, 1.54) is 12.1 Å². The highest BCUT2D eigenvalue weighted by Gasteiger charge is 2.35. The molecule has 0 fully saturated rings. The molecular weight excluding hydrogens is 477 g/mol. The van der Waals surface area contributed by atoms with Crippen molar-refractivity contribution in [2.24, 2.45) is 0 Å². The fraction of sp³-hybridized carbons (Fsp3) is 0.174. The lowest BCUT2D eigenvalue weighted by Gasteiger charge is -2.25. The van der Waals surface area contributed by atoms with Crippen LogP contribution in [0.3, 0.4) is 0 Å². The van der Waals surface area contributed by atoms with E-state index in [1.54, 1.807) is 49.4 Å². The fourth-order valence-corrected chi connectivity index (χ4v) is 4.66. The van der Waals surface area contributed by atoms with Gasteiger partial charge >= 0.3 is 6.18 Å². The number of hydrogen-bond acceptors (Lipinski definition) is 3. The van der Waals surface area contributed by atoms with Gasteiger partial charge in [0.1, 0.15) is 6.54 Å². The Balaban J connectivity index is 1.98. The summed E-state index contributed by atoms with van der Waals surface area (Å²) >= 11 is 5.69. The van der Waals surface area contributed by atoms with Crippen LogP contribution in [0.4, 0.5) is 18.9 Å². The van der Waals surface area contributed by atoms with E-state index < -0.39 is 39.2 Å². The molecule has 0 aliphatic heterocycles. The molecule has 0 spiro atoms. The summed E-state index contributed by atoms with van der Waals surface area (Å²) < 4.78 is 67.5. The molecular formula is C23H20ClF3N2O3S. The zero-order chi connectivity index (χ0) is 24.2. The average molecular weight is 497 g/mol. The second-order valence-electron chi connectivity index (χ2n) is 7.25. The van der Waals surface area contributed by atoms with Crippen molar-refractivity contribution in [2.75, 3.05) is 10.8 Å². The van der Waals surface area contributed by atoms with E-state index in [0.29, 0.717) is 10.4 Å². The van der Waals surface area contributed by atoms with Crippen LogP contribution in [0.2, 0.25) is 5.02 Å². The van der Waals surface area contributed by atoms with Crippen LogP contribution in [0.5, 0.6) is 0 Å². The van der Waals surface area contributed by atoms with Crippen LogP contribution < -0.4 is 9.62 Å². The number of rotatable bonds is 7. The van der Waals surface area contributed by atoms with E-state index in [0.717, 1.165) is 23.3 Å². The maximum Gasteiger partial charge on any atom is 0.417 e. The minimum Gasteiger partial charge on any atom is -0.350 e. The number of carbonyl (C=O) groups excluding carboxylic acids is 1. The quantitative estimate of drug-likeness (QED) is 0.490. The molecule has 1 amide bonds. The van der Waals surface area contributed by atoms with Crippen molar-refractivity contribution in [1.82, 2.24) is 5.32 Å². The Morgan fingerprint density at radius 3 is 2.24 bits per heavy atom. The third-order valence-electron chi connectivity index (χ3n) is 4.77. The summed E-state index contributed by atoms with van der Waals surface area (Å²) in [6, 6.07) is 17.4. The van der Waals surface area contributed by atoms with E-state index in [4.69, 9.17) is 11.6 Å². The molecule has 174 valence electrons. The molecule has 0 heterocycles. The van der Waals surface area contributed by atoms with Crippen LogP contribution in [-0.2, 0) is 27.5 Å². The van der Waals surface area contributed by atoms with Crippen molar-refractivity contribution in [1.29, 1.82) is 0 Å². The molecule has 1 N–H and O–H groups in total. The third kappa shape index (κ3) is 6.06. The topological polar surface area (TPSA) is 66.5 Å². The lowest BCUT2D eigenvalue weighted by Crippen LogP contribution is -2.40. The summed E-state index contributed by atoms with van der Waals surface area (Å²) in [6.45, 7) is 1.18. The molecule has 10 heteroatoms. The number of nitrogens with zero attached hydrogens (tertiary/aromatic N) is 1. The van der Waals surface area contributed by atoms with Gasteiger partial charge in [-0.2, -0.15) is 13.2 Å². The van der Waals surface area contributed by atoms with Crippen LogP contribution in [0.1, 0.15) is 16.7 Å². The van der Waals surface area contributed by atoms with Crippen molar-refractivity contribution in [3.05, 3.63) is 94.5 Å². The lowest BCUT2D eigenvalue weighted by molar-refractivity contribution is -0.137. The summed E-state index contributed by atoms with van der Waals surface area (Å²) in [6.07, 6.45) is -4.80. The van der Waals surface area contributed by atoms with E-state index >= 15 is 0 Å². The summed E-state index contributed by atoms with van der Waals surface area (Å²) in [4.78, 5) is 12.5. The number of amides is 1. The van der Waals surface area contributed by atoms with Crippen molar-refractivity contribution in [2.45, 2.75) is 24.5 Å². The van der Waals surface area contributed by atoms with E-state index in [2.05, 4.69) is 5.32 Å². The highest BCUT2D eigenvalue weighted by atomic mass is 35.5. The molecule has 33 heavy (non-hydrogen) atoms. The van der Waals surface area contributed by atoms with Gasteiger partial charge < -0.3 is 5.32 Å². The van der Waals surface area contributed by atoms with Gasteiger partial charge in [-0.05, 0) is 42.8 Å². The van der Waals surface area contributed by atoms with Gasteiger partial charge in [0.25, 0.3) is 10.0 Å². The van der Waals surface area contributed by atoms with E-state index in [1.807, 2.05) is 0 Å². The van der Waals surface area contributed by atoms with Gasteiger partial charge in [0, 0.05) is 6.54 Å². The van der Waals surface area contributed by atoms with Crippen molar-refractivity contribution in [3.8, 4) is 0 Å². The number of aryl methyl sites for hydroxylation is 1. The standard InChI is InChI=1S/C23H20ClF3N2O3S/c1-16-7-10-19(11-8-16)33(31,32)29(15-22(30)28-14-17-5-3-2-4-6-17)18-9-12-21(24)20(13-18)23(25,26)27/h2-13H,14-15H2,1H3,(H,28,30). The number of nitrogens with one attached hydrogen (secondary N) is 1. The molecule has 3 aromatic rings. The number of carbonyl (C=O) groups is 1. The van der Waals surface area contributed by atoms with Gasteiger partial charge in [-0.15, -0.1) is 0 Å². The smallest absolute Gasteiger partial charge is 0.350 e. The van der Waals surface area contributed by atoms with E-state index in [9.17, 15) is 26.4 Å². The summed E-state index contributed by atoms with van der Waals surface area (Å²) in [7, 11) is -4.36. The molecule has 0 saturated carbocycles. The summed E-state index contributed by atoms with van der Waals surface area (Å²) in [5.74, 6) is -0.682. The number of benzene rings is 3. The summed E-state index contributed by atoms with van der Waals surface area (Å²) in [5, 5.41) is 2.02. The van der Waals surface area contributed by atoms with Gasteiger partial charge in [-0.1, -0.05) is 59.6 Å². The first-order chi connectivity index (χ1) is 15.5. The van der Waals surface area contributed by atoms with E-state index in [-0.39, 0.29) is 17.1 Å². The third-order valence-corrected chi connectivity index (χ3v) is 6.89. The predicted octanol–water partition coefficient (Wildman–Crippen LogP) is 5.18. The average Bonchev–Trinajstić information content (AvgIpc) is 2.77. The van der Waals surface area contributed by atoms with Crippen LogP contribution in [0.15, 0.2) is 77.7 Å². The molecule has 0 radical (unpaired) electrons. The molecule has 3 rings (SSSR count). The molecule has 0 saturated heterocycles. The van der Waals surface area contributed by atoms with Crippen LogP contribution in [0, 0.1) is 6.92 Å². The highest BCUT2D eigenvalue weighted by molar-refractivity contribution is 7.92. The molecule has 0 aliphatic rings. The van der Waals surface area contributed by atoms with Gasteiger partial charge in [0.15, 0.2) is 0 Å². The minimum absolute atomic E-state index is 0.131. The number of halogens is 4. The first-order valence-electron chi connectivity index (χ1n) is 9.75. The first kappa shape index (κ1) is 24.6. The SMILES string of the molecule is Cc1ccc(S(=O)(=O)N(CC(=O)NCc2ccccc2)c2ccc(Cl)c(C(F)(F)F)c2)cc1. The van der Waals surface area contributed by atoms with Crippen molar-refractivity contribution >= 4 is 33.2 Å². The zero-order valence-corrected chi connectivity index (χ0v) is 19.0. The molecule has 0 unspecified atom stereocenters. The van der Waals surface area contributed by atoms with Gasteiger partial charge in [0.05, 0.1) is 21.2 Å². The Kier molecular flexibility index (Phi) is 7.34. The Bertz CT molecular complexity index is 1230. The van der Waals surface area contributed by atoms with Crippen LogP contribution in [-0.4, -0.2) is 20.9 Å². The second kappa shape index (κ2) is 9.84. The molecule has 0 aliphatic carbocycles. The van der Waals surface area contributed by atoms with Gasteiger partial charge in [-0.3, -0.25) is 9.10 Å². The van der Waals surface area contributed by atoms with Crippen molar-refractivity contribution in [3.63, 3.8) is 0 Å².